The highest BCUT2D eigenvalue weighted by atomic mass is 16.3. The molecule has 0 saturated heterocycles. The van der Waals surface area contributed by atoms with E-state index in [2.05, 4.69) is 141 Å². The molecule has 1 amide bonds. The Labute approximate surface area is 303 Å². The molecule has 4 heteroatoms. The van der Waals surface area contributed by atoms with Crippen LogP contribution in [0, 0.1) is 19.3 Å². The first kappa shape index (κ1) is 32.6. The number of furan rings is 1. The van der Waals surface area contributed by atoms with Crippen LogP contribution in [0.15, 0.2) is 77.2 Å². The number of para-hydroxylation sites is 1. The van der Waals surface area contributed by atoms with Crippen molar-refractivity contribution in [3.8, 4) is 0 Å². The van der Waals surface area contributed by atoms with Crippen LogP contribution in [-0.2, 0) is 21.0 Å². The highest BCUT2D eigenvalue weighted by Gasteiger charge is 2.59. The van der Waals surface area contributed by atoms with Crippen molar-refractivity contribution in [1.82, 2.24) is 0 Å². The molecular weight excluding hydrogens is 621 g/mol. The van der Waals surface area contributed by atoms with Gasteiger partial charge < -0.3 is 4.42 Å². The fourth-order valence-electron chi connectivity index (χ4n) is 10.2. The number of nitrogens with zero attached hydrogens (tertiary/aromatic N) is 1. The van der Waals surface area contributed by atoms with Gasteiger partial charge in [0.2, 0.25) is 5.91 Å². The van der Waals surface area contributed by atoms with Crippen LogP contribution in [0.2, 0.25) is 0 Å². The maximum Gasteiger partial charge on any atom is 0.252 e. The molecule has 0 bridgehead atoms. The number of carbonyl (C=O) groups excluding carboxylic acids is 1. The monoisotopic (exact) mass is 671 g/mol. The molecule has 1 aromatic heterocycles. The van der Waals surface area contributed by atoms with E-state index in [0.29, 0.717) is 0 Å². The first-order valence-electron chi connectivity index (χ1n) is 19.1. The van der Waals surface area contributed by atoms with Crippen molar-refractivity contribution in [1.29, 1.82) is 0 Å². The summed E-state index contributed by atoms with van der Waals surface area (Å²) >= 11 is 0. The number of aryl methyl sites for hydroxylation is 2. The second kappa shape index (κ2) is 10.4. The van der Waals surface area contributed by atoms with Gasteiger partial charge in [-0.2, -0.15) is 0 Å². The zero-order valence-corrected chi connectivity index (χ0v) is 32.1. The van der Waals surface area contributed by atoms with Crippen LogP contribution in [-0.4, -0.2) is 12.6 Å². The van der Waals surface area contributed by atoms with E-state index in [1.54, 1.807) is 0 Å². The summed E-state index contributed by atoms with van der Waals surface area (Å²) in [7, 11) is 0. The van der Waals surface area contributed by atoms with Gasteiger partial charge in [-0.25, -0.2) is 0 Å². The molecule has 2 aliphatic heterocycles. The Morgan fingerprint density at radius 3 is 2.10 bits per heavy atom. The third-order valence-corrected chi connectivity index (χ3v) is 13.3. The van der Waals surface area contributed by atoms with Gasteiger partial charge in [0.05, 0.1) is 11.1 Å². The van der Waals surface area contributed by atoms with Crippen molar-refractivity contribution in [2.24, 2.45) is 5.41 Å². The van der Waals surface area contributed by atoms with E-state index in [0.717, 1.165) is 51.6 Å². The number of rotatable bonds is 2. The topological polar surface area (TPSA) is 33.5 Å². The minimum Gasteiger partial charge on any atom is -0.457 e. The second-order valence-corrected chi connectivity index (χ2v) is 18.6. The smallest absolute Gasteiger partial charge is 0.252 e. The van der Waals surface area contributed by atoms with Gasteiger partial charge in [0.1, 0.15) is 11.2 Å². The Bertz CT molecular complexity index is 2450. The van der Waals surface area contributed by atoms with Gasteiger partial charge in [0.15, 0.2) is 0 Å². The average molecular weight is 672 g/mol. The molecule has 3 heterocycles. The van der Waals surface area contributed by atoms with E-state index < -0.39 is 5.41 Å². The quantitative estimate of drug-likeness (QED) is 0.172. The minimum atomic E-state index is -0.675. The van der Waals surface area contributed by atoms with Crippen LogP contribution in [0.5, 0.6) is 0 Å². The summed E-state index contributed by atoms with van der Waals surface area (Å²) in [6.45, 7) is 22.9. The fraction of sp³-hybridized carbons (Fsp3) is 0.383. The summed E-state index contributed by atoms with van der Waals surface area (Å²) in [6, 6.07) is 27.2. The molecule has 1 unspecified atom stereocenters. The van der Waals surface area contributed by atoms with Crippen LogP contribution in [0.4, 0.5) is 11.4 Å². The molecule has 0 N–H and O–H groups in total. The Balaban J connectivity index is 1.48. The number of hydrogen-bond donors (Lipinski definition) is 0. The molecule has 3 aliphatic rings. The highest BCUT2D eigenvalue weighted by molar-refractivity contribution is 7.00. The number of amides is 1. The van der Waals surface area contributed by atoms with Gasteiger partial charge in [0, 0.05) is 21.8 Å². The summed E-state index contributed by atoms with van der Waals surface area (Å²) in [4.78, 5) is 18.0. The summed E-state index contributed by atoms with van der Waals surface area (Å²) in [6.07, 6.45) is 4.44. The lowest BCUT2D eigenvalue weighted by Crippen LogP contribution is -2.64. The number of carbonyl (C=O) groups is 1. The van der Waals surface area contributed by atoms with Crippen LogP contribution < -0.4 is 21.3 Å². The number of hydrogen-bond acceptors (Lipinski definition) is 2. The summed E-state index contributed by atoms with van der Waals surface area (Å²) < 4.78 is 6.93. The van der Waals surface area contributed by atoms with Gasteiger partial charge in [-0.1, -0.05) is 132 Å². The van der Waals surface area contributed by atoms with E-state index >= 15 is 4.79 Å². The van der Waals surface area contributed by atoms with Crippen LogP contribution in [0.25, 0.3) is 32.7 Å². The predicted molar refractivity (Wildman–Crippen MR) is 217 cm³/mol. The summed E-state index contributed by atoms with van der Waals surface area (Å²) in [5, 5.41) is 4.70. The first-order chi connectivity index (χ1) is 24.0. The Morgan fingerprint density at radius 2 is 1.43 bits per heavy atom. The summed E-state index contributed by atoms with van der Waals surface area (Å²) in [5.41, 5.74) is 12.8. The van der Waals surface area contributed by atoms with Gasteiger partial charge in [-0.05, 0) is 101 Å². The molecule has 0 spiro atoms. The third-order valence-electron chi connectivity index (χ3n) is 13.3. The van der Waals surface area contributed by atoms with Crippen molar-refractivity contribution in [3.05, 3.63) is 101 Å². The van der Waals surface area contributed by atoms with Crippen molar-refractivity contribution in [2.45, 2.75) is 111 Å². The molecule has 1 saturated carbocycles. The normalized spacial score (nSPS) is 19.8. The average Bonchev–Trinajstić information content (AvgIpc) is 3.69. The molecule has 0 radical (unpaired) electrons. The van der Waals surface area contributed by atoms with Crippen LogP contribution in [0.1, 0.15) is 109 Å². The molecule has 5 aromatic carbocycles. The van der Waals surface area contributed by atoms with Crippen LogP contribution in [0.3, 0.4) is 0 Å². The Morgan fingerprint density at radius 1 is 0.765 bits per heavy atom. The van der Waals surface area contributed by atoms with Gasteiger partial charge in [-0.3, -0.25) is 9.69 Å². The minimum absolute atomic E-state index is 0.0448. The largest absolute Gasteiger partial charge is 0.457 e. The lowest BCUT2D eigenvalue weighted by atomic mass is 9.33. The molecule has 1 fully saturated rings. The lowest BCUT2D eigenvalue weighted by molar-refractivity contribution is -0.127. The van der Waals surface area contributed by atoms with E-state index in [9.17, 15) is 0 Å². The van der Waals surface area contributed by atoms with Gasteiger partial charge in [-0.15, -0.1) is 0 Å². The zero-order valence-electron chi connectivity index (χ0n) is 32.1. The molecule has 51 heavy (non-hydrogen) atoms. The second-order valence-electron chi connectivity index (χ2n) is 18.6. The standard InChI is InChI=1S/C47H50BNO2/c1-27-21-29-23-28(2)39-41-38(29)35(22-27)47(10,46(9)19-13-14-20-46)43(50)49(41)36-18-17-34-33-15-11-12-16-37(33)51-42(34)40(36)48(39)32-25-30(44(3,4)5)24-31(26-32)45(6,7)8/h11-12,15-18,21-26H,13-14,19-20H2,1-10H3. The number of benzene rings is 5. The Hall–Kier alpha value is -4.31. The van der Waals surface area contributed by atoms with Gasteiger partial charge >= 0.3 is 0 Å². The molecule has 9 rings (SSSR count). The predicted octanol–water partition coefficient (Wildman–Crippen LogP) is 10.3. The zero-order chi connectivity index (χ0) is 36.0. The third kappa shape index (κ3) is 4.35. The van der Waals surface area contributed by atoms with E-state index in [4.69, 9.17) is 4.42 Å². The lowest BCUT2D eigenvalue weighted by Gasteiger charge is -2.52. The maximum atomic E-state index is 15.9. The molecular formula is C47H50BNO2. The van der Waals surface area contributed by atoms with E-state index in [1.807, 2.05) is 6.07 Å². The van der Waals surface area contributed by atoms with E-state index in [1.165, 1.54) is 62.4 Å². The molecule has 6 aromatic rings. The Kier molecular flexibility index (Phi) is 6.64. The number of anilines is 2. The SMILES string of the molecule is Cc1cc2c3c4c(c(C)cc3c1)B(c1cc(C(C)(C)C)cc(C(C)(C)C)c1)c1c(ccc3c1oc1ccccc13)N4C(=O)C2(C)C1(C)CCCC1. The fourth-order valence-corrected chi connectivity index (χ4v) is 10.2. The molecule has 1 atom stereocenters. The number of fused-ring (bicyclic) bond motifs is 6. The van der Waals surface area contributed by atoms with Gasteiger partial charge in [0.25, 0.3) is 6.71 Å². The molecule has 258 valence electrons. The van der Waals surface area contributed by atoms with Crippen molar-refractivity contribution >= 4 is 73.1 Å². The first-order valence-corrected chi connectivity index (χ1v) is 19.1. The van der Waals surface area contributed by atoms with Crippen molar-refractivity contribution in [2.75, 3.05) is 4.90 Å². The van der Waals surface area contributed by atoms with Crippen LogP contribution >= 0.6 is 0 Å². The maximum absolute atomic E-state index is 15.9. The molecule has 3 nitrogen and oxygen atoms in total. The summed E-state index contributed by atoms with van der Waals surface area (Å²) in [5.74, 6) is 0.201. The molecule has 1 aliphatic carbocycles. The van der Waals surface area contributed by atoms with Crippen molar-refractivity contribution in [3.63, 3.8) is 0 Å². The highest BCUT2D eigenvalue weighted by Crippen LogP contribution is 2.59. The van der Waals surface area contributed by atoms with Crippen molar-refractivity contribution < 1.29 is 9.21 Å². The van der Waals surface area contributed by atoms with E-state index in [-0.39, 0.29) is 28.9 Å².